The van der Waals surface area contributed by atoms with Crippen LogP contribution in [-0.4, -0.2) is 45.0 Å². The molecule has 4 atom stereocenters. The summed E-state index contributed by atoms with van der Waals surface area (Å²) in [5, 5.41) is 7.08. The van der Waals surface area contributed by atoms with Crippen LogP contribution < -0.4 is 10.6 Å². The van der Waals surface area contributed by atoms with Gasteiger partial charge >= 0.3 is 0 Å². The zero-order chi connectivity index (χ0) is 17.7. The molecule has 26 heavy (non-hydrogen) atoms. The first-order valence-electron chi connectivity index (χ1n) is 10.3. The van der Waals surface area contributed by atoms with Gasteiger partial charge in [-0.3, -0.25) is 4.99 Å². The van der Waals surface area contributed by atoms with Crippen LogP contribution >= 0.6 is 24.0 Å². The lowest BCUT2D eigenvalue weighted by Crippen LogP contribution is -2.47. The number of aliphatic imine (C=N–C) groups is 1. The zero-order valence-electron chi connectivity index (χ0n) is 16.1. The molecule has 0 spiro atoms. The maximum Gasteiger partial charge on any atom is 0.191 e. The van der Waals surface area contributed by atoms with Crippen molar-refractivity contribution in [1.29, 1.82) is 0 Å². The van der Waals surface area contributed by atoms with Crippen molar-refractivity contribution in [2.24, 2.45) is 22.7 Å². The minimum absolute atomic E-state index is 0. The van der Waals surface area contributed by atoms with Crippen molar-refractivity contribution in [3.8, 4) is 0 Å². The molecular formula is C19H36IN3O2S. The van der Waals surface area contributed by atoms with Crippen molar-refractivity contribution in [1.82, 2.24) is 10.6 Å². The van der Waals surface area contributed by atoms with Crippen molar-refractivity contribution >= 4 is 39.8 Å². The Morgan fingerprint density at radius 3 is 2.54 bits per heavy atom. The molecule has 0 bridgehead atoms. The second-order valence-electron chi connectivity index (χ2n) is 8.34. The molecule has 3 aliphatic rings. The highest BCUT2D eigenvalue weighted by Gasteiger charge is 2.32. The number of hydrogen-bond donors (Lipinski definition) is 2. The van der Waals surface area contributed by atoms with Gasteiger partial charge in [0.05, 0.1) is 11.5 Å². The number of rotatable bonds is 5. The number of nitrogens with zero attached hydrogens (tertiary/aromatic N) is 1. The number of guanidine groups is 1. The molecule has 0 aromatic rings. The lowest BCUT2D eigenvalue weighted by molar-refractivity contribution is 0.150. The molecule has 2 aliphatic carbocycles. The summed E-state index contributed by atoms with van der Waals surface area (Å²) in [5.41, 5.74) is 0. The number of fused-ring (bicyclic) bond motifs is 1. The van der Waals surface area contributed by atoms with E-state index < -0.39 is 9.84 Å². The van der Waals surface area contributed by atoms with Crippen molar-refractivity contribution < 1.29 is 8.42 Å². The van der Waals surface area contributed by atoms with Gasteiger partial charge in [0, 0.05) is 19.1 Å². The fraction of sp³-hybridized carbons (Fsp3) is 0.947. The van der Waals surface area contributed by atoms with Gasteiger partial charge in [0.25, 0.3) is 0 Å². The lowest BCUT2D eigenvalue weighted by Gasteiger charge is -2.40. The van der Waals surface area contributed by atoms with E-state index in [2.05, 4.69) is 17.6 Å². The summed E-state index contributed by atoms with van der Waals surface area (Å²) in [4.78, 5) is 4.74. The van der Waals surface area contributed by atoms with Crippen molar-refractivity contribution in [3.05, 3.63) is 0 Å². The van der Waals surface area contributed by atoms with Crippen LogP contribution in [0.15, 0.2) is 4.99 Å². The Labute approximate surface area is 176 Å². The van der Waals surface area contributed by atoms with Crippen LogP contribution in [0, 0.1) is 17.8 Å². The molecule has 3 fully saturated rings. The third kappa shape index (κ3) is 6.53. The third-order valence-electron chi connectivity index (χ3n) is 6.26. The number of nitrogens with one attached hydrogen (secondary N) is 2. The third-order valence-corrected chi connectivity index (χ3v) is 8.09. The quantitative estimate of drug-likeness (QED) is 0.347. The molecule has 5 nitrogen and oxygen atoms in total. The van der Waals surface area contributed by atoms with E-state index in [4.69, 9.17) is 4.99 Å². The molecule has 4 unspecified atom stereocenters. The summed E-state index contributed by atoms with van der Waals surface area (Å²) in [6, 6.07) is 0.523. The largest absolute Gasteiger partial charge is 0.356 e. The molecule has 1 heterocycles. The fourth-order valence-corrected chi connectivity index (χ4v) is 6.68. The summed E-state index contributed by atoms with van der Waals surface area (Å²) in [5.74, 6) is 3.59. The van der Waals surface area contributed by atoms with Crippen LogP contribution in [0.3, 0.4) is 0 Å². The Hall–Kier alpha value is -0.0500. The zero-order valence-corrected chi connectivity index (χ0v) is 19.2. The first-order valence-corrected chi connectivity index (χ1v) is 12.1. The highest BCUT2D eigenvalue weighted by molar-refractivity contribution is 14.0. The molecule has 1 aliphatic heterocycles. The van der Waals surface area contributed by atoms with Crippen LogP contribution in [0.2, 0.25) is 0 Å². The van der Waals surface area contributed by atoms with Crippen LogP contribution in [-0.2, 0) is 9.84 Å². The molecule has 0 aromatic heterocycles. The Balaban J connectivity index is 0.00000243. The maximum atomic E-state index is 11.6. The van der Waals surface area contributed by atoms with Gasteiger partial charge < -0.3 is 10.6 Å². The van der Waals surface area contributed by atoms with Gasteiger partial charge in [0.2, 0.25) is 0 Å². The molecule has 2 saturated carbocycles. The Morgan fingerprint density at radius 1 is 1.08 bits per heavy atom. The lowest BCUT2D eigenvalue weighted by atomic mass is 9.69. The average molecular weight is 497 g/mol. The van der Waals surface area contributed by atoms with Gasteiger partial charge in [-0.15, -0.1) is 24.0 Å². The van der Waals surface area contributed by atoms with E-state index in [0.717, 1.165) is 37.2 Å². The molecule has 0 aromatic carbocycles. The van der Waals surface area contributed by atoms with Crippen molar-refractivity contribution in [2.45, 2.75) is 70.8 Å². The minimum Gasteiger partial charge on any atom is -0.356 e. The van der Waals surface area contributed by atoms with Crippen LogP contribution in [0.1, 0.15) is 64.7 Å². The average Bonchev–Trinajstić information content (AvgIpc) is 2.96. The van der Waals surface area contributed by atoms with E-state index in [1.165, 1.54) is 44.9 Å². The van der Waals surface area contributed by atoms with E-state index in [0.29, 0.717) is 24.1 Å². The Kier molecular flexibility index (Phi) is 8.97. The summed E-state index contributed by atoms with van der Waals surface area (Å²) < 4.78 is 23.3. The van der Waals surface area contributed by atoms with Crippen LogP contribution in [0.5, 0.6) is 0 Å². The molecule has 0 radical (unpaired) electrons. The molecule has 2 N–H and O–H groups in total. The Bertz CT molecular complexity index is 567. The van der Waals surface area contributed by atoms with Gasteiger partial charge in [-0.2, -0.15) is 0 Å². The second-order valence-corrected chi connectivity index (χ2v) is 10.6. The van der Waals surface area contributed by atoms with E-state index in [-0.39, 0.29) is 29.9 Å². The summed E-state index contributed by atoms with van der Waals surface area (Å²) in [6.45, 7) is 3.69. The number of halogens is 1. The van der Waals surface area contributed by atoms with Gasteiger partial charge in [-0.1, -0.05) is 32.6 Å². The van der Waals surface area contributed by atoms with Crippen molar-refractivity contribution in [2.75, 3.05) is 24.6 Å². The SMILES string of the molecule is CCCNC(=NCC1CCS(=O)(=O)C1)NC1CCC2CCCCC2C1.I. The van der Waals surface area contributed by atoms with Crippen LogP contribution in [0.4, 0.5) is 0 Å². The molecule has 7 heteroatoms. The number of sulfone groups is 1. The van der Waals surface area contributed by atoms with Gasteiger partial charge in [-0.05, 0) is 49.9 Å². The molecule has 3 rings (SSSR count). The predicted octanol–water partition coefficient (Wildman–Crippen LogP) is 3.34. The standard InChI is InChI=1S/C19H35N3O2S.HI/c1-2-10-20-19(21-13-15-9-11-25(23,24)14-15)22-18-8-7-16-5-3-4-6-17(16)12-18;/h15-18H,2-14H2,1H3,(H2,20,21,22);1H. The minimum atomic E-state index is -2.81. The highest BCUT2D eigenvalue weighted by atomic mass is 127. The number of hydrogen-bond acceptors (Lipinski definition) is 3. The summed E-state index contributed by atoms with van der Waals surface area (Å²) >= 11 is 0. The summed E-state index contributed by atoms with van der Waals surface area (Å²) in [7, 11) is -2.81. The first kappa shape index (κ1) is 22.2. The maximum absolute atomic E-state index is 11.6. The molecule has 152 valence electrons. The van der Waals surface area contributed by atoms with Gasteiger partial charge in [0.15, 0.2) is 15.8 Å². The second kappa shape index (κ2) is 10.5. The highest BCUT2D eigenvalue weighted by Crippen LogP contribution is 2.40. The fourth-order valence-electron chi connectivity index (χ4n) is 4.83. The van der Waals surface area contributed by atoms with Crippen LogP contribution in [0.25, 0.3) is 0 Å². The first-order chi connectivity index (χ1) is 12.1. The van der Waals surface area contributed by atoms with E-state index in [1.54, 1.807) is 0 Å². The Morgan fingerprint density at radius 2 is 1.85 bits per heavy atom. The van der Waals surface area contributed by atoms with E-state index in [1.807, 2.05) is 0 Å². The topological polar surface area (TPSA) is 70.6 Å². The summed E-state index contributed by atoms with van der Waals surface area (Å²) in [6.07, 6.45) is 11.4. The molecule has 0 amide bonds. The van der Waals surface area contributed by atoms with E-state index in [9.17, 15) is 8.42 Å². The van der Waals surface area contributed by atoms with Crippen molar-refractivity contribution in [3.63, 3.8) is 0 Å². The smallest absolute Gasteiger partial charge is 0.191 e. The monoisotopic (exact) mass is 497 g/mol. The molecular weight excluding hydrogens is 461 g/mol. The van der Waals surface area contributed by atoms with Gasteiger partial charge in [0.1, 0.15) is 0 Å². The molecule has 1 saturated heterocycles. The van der Waals surface area contributed by atoms with Gasteiger partial charge in [-0.25, -0.2) is 8.42 Å². The normalized spacial score (nSPS) is 33.8. The predicted molar refractivity (Wildman–Crippen MR) is 119 cm³/mol. The van der Waals surface area contributed by atoms with E-state index >= 15 is 0 Å².